The van der Waals surface area contributed by atoms with Gasteiger partial charge in [-0.1, -0.05) is 21.9 Å². The highest BCUT2D eigenvalue weighted by Crippen LogP contribution is 2.21. The number of carbonyl (C=O) groups excluding carboxylic acids is 1. The summed E-state index contributed by atoms with van der Waals surface area (Å²) in [6.45, 7) is -0.0207. The Kier molecular flexibility index (Phi) is 7.52. The van der Waals surface area contributed by atoms with Gasteiger partial charge in [-0.15, -0.1) is 6.42 Å². The fraction of sp³-hybridized carbons (Fsp3) is 0.158. The molecule has 0 bridgehead atoms. The van der Waals surface area contributed by atoms with Crippen molar-refractivity contribution in [2.75, 3.05) is 20.3 Å². The van der Waals surface area contributed by atoms with Crippen LogP contribution in [0.25, 0.3) is 0 Å². The minimum atomic E-state index is -0.391. The standard InChI is InChI=1S/C19H17BrN2O4/c1-3-10-25-18-9-4-15(20)11-14(18)12-21-22-19(23)13-26-17-7-5-16(24-2)6-8-17/h1,4-9,11-12H,10,13H2,2H3,(H,22,23). The van der Waals surface area contributed by atoms with Gasteiger partial charge in [0.15, 0.2) is 6.61 Å². The normalized spacial score (nSPS) is 10.2. The predicted molar refractivity (Wildman–Crippen MR) is 103 cm³/mol. The van der Waals surface area contributed by atoms with Gasteiger partial charge in [-0.05, 0) is 42.5 Å². The molecule has 0 aliphatic carbocycles. The van der Waals surface area contributed by atoms with E-state index < -0.39 is 5.91 Å². The highest BCUT2D eigenvalue weighted by atomic mass is 79.9. The zero-order valence-corrected chi connectivity index (χ0v) is 15.7. The van der Waals surface area contributed by atoms with Crippen molar-refractivity contribution in [3.8, 4) is 29.6 Å². The van der Waals surface area contributed by atoms with Crippen LogP contribution in [0.15, 0.2) is 52.0 Å². The van der Waals surface area contributed by atoms with Gasteiger partial charge in [-0.2, -0.15) is 5.10 Å². The molecule has 1 amide bonds. The Morgan fingerprint density at radius 3 is 2.65 bits per heavy atom. The van der Waals surface area contributed by atoms with Gasteiger partial charge in [-0.3, -0.25) is 4.79 Å². The van der Waals surface area contributed by atoms with E-state index in [4.69, 9.17) is 20.6 Å². The van der Waals surface area contributed by atoms with Crippen LogP contribution in [-0.2, 0) is 4.79 Å². The van der Waals surface area contributed by atoms with E-state index in [2.05, 4.69) is 32.4 Å². The van der Waals surface area contributed by atoms with Crippen molar-refractivity contribution in [3.05, 3.63) is 52.5 Å². The Morgan fingerprint density at radius 2 is 1.96 bits per heavy atom. The maximum Gasteiger partial charge on any atom is 0.277 e. The minimum absolute atomic E-state index is 0.143. The Morgan fingerprint density at radius 1 is 1.23 bits per heavy atom. The molecule has 0 fully saturated rings. The van der Waals surface area contributed by atoms with E-state index in [0.717, 1.165) is 4.47 Å². The molecule has 0 aromatic heterocycles. The van der Waals surface area contributed by atoms with Crippen molar-refractivity contribution >= 4 is 28.1 Å². The zero-order chi connectivity index (χ0) is 18.8. The number of halogens is 1. The van der Waals surface area contributed by atoms with Crippen LogP contribution < -0.4 is 19.6 Å². The second-order valence-corrected chi connectivity index (χ2v) is 5.85. The third-order valence-corrected chi connectivity index (χ3v) is 3.60. The van der Waals surface area contributed by atoms with Crippen molar-refractivity contribution in [1.82, 2.24) is 5.43 Å². The summed E-state index contributed by atoms with van der Waals surface area (Å²) >= 11 is 3.37. The highest BCUT2D eigenvalue weighted by molar-refractivity contribution is 9.10. The first-order chi connectivity index (χ1) is 12.6. The lowest BCUT2D eigenvalue weighted by Crippen LogP contribution is -2.24. The molecule has 0 atom stereocenters. The van der Waals surface area contributed by atoms with Gasteiger partial charge in [0.25, 0.3) is 5.91 Å². The van der Waals surface area contributed by atoms with Gasteiger partial charge >= 0.3 is 0 Å². The zero-order valence-electron chi connectivity index (χ0n) is 14.1. The van der Waals surface area contributed by atoms with Crippen LogP contribution in [0.4, 0.5) is 0 Å². The van der Waals surface area contributed by atoms with Crippen LogP contribution in [0.1, 0.15) is 5.56 Å². The van der Waals surface area contributed by atoms with Gasteiger partial charge in [0.05, 0.1) is 13.3 Å². The topological polar surface area (TPSA) is 69.2 Å². The van der Waals surface area contributed by atoms with Crippen molar-refractivity contribution in [2.24, 2.45) is 5.10 Å². The largest absolute Gasteiger partial charge is 0.497 e. The molecule has 0 heterocycles. The van der Waals surface area contributed by atoms with Crippen LogP contribution in [0.5, 0.6) is 17.2 Å². The molecular weight excluding hydrogens is 400 g/mol. The van der Waals surface area contributed by atoms with E-state index >= 15 is 0 Å². The molecular formula is C19H17BrN2O4. The Bertz CT molecular complexity index is 813. The third kappa shape index (κ3) is 6.15. The number of hydrogen-bond donors (Lipinski definition) is 1. The first kappa shape index (κ1) is 19.3. The lowest BCUT2D eigenvalue weighted by Gasteiger charge is -2.07. The highest BCUT2D eigenvalue weighted by Gasteiger charge is 2.04. The maximum atomic E-state index is 11.8. The van der Waals surface area contributed by atoms with Gasteiger partial charge < -0.3 is 14.2 Å². The molecule has 26 heavy (non-hydrogen) atoms. The number of hydrazone groups is 1. The van der Waals surface area contributed by atoms with E-state index in [1.54, 1.807) is 43.5 Å². The summed E-state index contributed by atoms with van der Waals surface area (Å²) in [6, 6.07) is 12.3. The summed E-state index contributed by atoms with van der Waals surface area (Å²) in [4.78, 5) is 11.8. The van der Waals surface area contributed by atoms with Crippen LogP contribution in [0.3, 0.4) is 0 Å². The van der Waals surface area contributed by atoms with Crippen LogP contribution in [-0.4, -0.2) is 32.4 Å². The van der Waals surface area contributed by atoms with Crippen LogP contribution >= 0.6 is 15.9 Å². The van der Waals surface area contributed by atoms with Gasteiger partial charge in [-0.25, -0.2) is 5.43 Å². The Balaban J connectivity index is 1.88. The summed E-state index contributed by atoms with van der Waals surface area (Å²) in [5.41, 5.74) is 3.07. The average molecular weight is 417 g/mol. The van der Waals surface area contributed by atoms with E-state index in [9.17, 15) is 4.79 Å². The monoisotopic (exact) mass is 416 g/mol. The van der Waals surface area contributed by atoms with Crippen LogP contribution in [0.2, 0.25) is 0 Å². The molecule has 0 aliphatic heterocycles. The number of amides is 1. The smallest absolute Gasteiger partial charge is 0.277 e. The summed E-state index contributed by atoms with van der Waals surface area (Å²) in [5, 5.41) is 3.91. The first-order valence-corrected chi connectivity index (χ1v) is 8.36. The number of nitrogens with one attached hydrogen (secondary N) is 1. The van der Waals surface area contributed by atoms with E-state index in [-0.39, 0.29) is 13.2 Å². The van der Waals surface area contributed by atoms with Crippen molar-refractivity contribution in [2.45, 2.75) is 0 Å². The van der Waals surface area contributed by atoms with Crippen LogP contribution in [0, 0.1) is 12.3 Å². The number of benzene rings is 2. The van der Waals surface area contributed by atoms with E-state index in [1.165, 1.54) is 6.21 Å². The first-order valence-electron chi connectivity index (χ1n) is 7.57. The van der Waals surface area contributed by atoms with E-state index in [1.807, 2.05) is 6.07 Å². The Hall–Kier alpha value is -2.98. The lowest BCUT2D eigenvalue weighted by molar-refractivity contribution is -0.123. The molecule has 2 aromatic rings. The molecule has 0 spiro atoms. The lowest BCUT2D eigenvalue weighted by atomic mass is 10.2. The van der Waals surface area contributed by atoms with Gasteiger partial charge in [0, 0.05) is 10.0 Å². The summed E-state index contributed by atoms with van der Waals surface area (Å²) < 4.78 is 16.7. The number of terminal acetylenes is 1. The number of carbonyl (C=O) groups is 1. The number of hydrogen-bond acceptors (Lipinski definition) is 5. The summed E-state index contributed by atoms with van der Waals surface area (Å²) in [6.07, 6.45) is 6.67. The molecule has 0 saturated carbocycles. The molecule has 0 saturated heterocycles. The molecule has 1 N–H and O–H groups in total. The molecule has 134 valence electrons. The third-order valence-electron chi connectivity index (χ3n) is 3.11. The van der Waals surface area contributed by atoms with Crippen molar-refractivity contribution in [3.63, 3.8) is 0 Å². The quantitative estimate of drug-likeness (QED) is 0.408. The van der Waals surface area contributed by atoms with Crippen molar-refractivity contribution < 1.29 is 19.0 Å². The molecule has 2 rings (SSSR count). The molecule has 0 unspecified atom stereocenters. The molecule has 2 aromatic carbocycles. The second-order valence-electron chi connectivity index (χ2n) is 4.93. The number of nitrogens with zero attached hydrogens (tertiary/aromatic N) is 1. The average Bonchev–Trinajstić information content (AvgIpc) is 2.66. The minimum Gasteiger partial charge on any atom is -0.497 e. The van der Waals surface area contributed by atoms with Gasteiger partial charge in [0.2, 0.25) is 0 Å². The fourth-order valence-electron chi connectivity index (χ4n) is 1.90. The molecule has 0 aliphatic rings. The number of rotatable bonds is 8. The van der Waals surface area contributed by atoms with Crippen molar-refractivity contribution in [1.29, 1.82) is 0 Å². The second kappa shape index (κ2) is 10.1. The molecule has 6 nitrogen and oxygen atoms in total. The number of ether oxygens (including phenoxy) is 3. The maximum absolute atomic E-state index is 11.8. The molecule has 7 heteroatoms. The SMILES string of the molecule is C#CCOc1ccc(Br)cc1C=NNC(=O)COc1ccc(OC)cc1. The summed E-state index contributed by atoms with van der Waals surface area (Å²) in [5.74, 6) is 3.85. The predicted octanol–water partition coefficient (Wildman–Crippen LogP) is 3.00. The Labute approximate surface area is 160 Å². The summed E-state index contributed by atoms with van der Waals surface area (Å²) in [7, 11) is 1.58. The number of methoxy groups -OCH3 is 1. The van der Waals surface area contributed by atoms with Gasteiger partial charge in [0.1, 0.15) is 23.9 Å². The fourth-order valence-corrected chi connectivity index (χ4v) is 2.28. The molecule has 0 radical (unpaired) electrons. The van der Waals surface area contributed by atoms with E-state index in [0.29, 0.717) is 22.8 Å².